The van der Waals surface area contributed by atoms with Crippen LogP contribution >= 0.6 is 0 Å². The van der Waals surface area contributed by atoms with Crippen LogP contribution in [0.4, 0.5) is 0 Å². The van der Waals surface area contributed by atoms with Crippen molar-refractivity contribution in [3.8, 4) is 0 Å². The van der Waals surface area contributed by atoms with Crippen LogP contribution in [-0.2, 0) is 14.3 Å². The van der Waals surface area contributed by atoms with Gasteiger partial charge in [0.1, 0.15) is 6.04 Å². The molecule has 0 aromatic rings. The van der Waals surface area contributed by atoms with Gasteiger partial charge in [0.05, 0.1) is 7.11 Å². The molecule has 0 saturated carbocycles. The maximum Gasteiger partial charge on any atom is 0.322 e. The van der Waals surface area contributed by atoms with Gasteiger partial charge < -0.3 is 9.64 Å². The van der Waals surface area contributed by atoms with Crippen LogP contribution in [0.1, 0.15) is 32.6 Å². The zero-order chi connectivity index (χ0) is 12.4. The molecule has 2 fully saturated rings. The summed E-state index contributed by atoms with van der Waals surface area (Å²) in [4.78, 5) is 25.1. The summed E-state index contributed by atoms with van der Waals surface area (Å²) in [5.74, 6) is -0.0593. The van der Waals surface area contributed by atoms with Crippen LogP contribution in [0.3, 0.4) is 0 Å². The minimum absolute atomic E-state index is 0.0944. The summed E-state index contributed by atoms with van der Waals surface area (Å²) in [7, 11) is 1.38. The van der Waals surface area contributed by atoms with Gasteiger partial charge in [-0.15, -0.1) is 0 Å². The number of nitrogens with zero attached hydrogens (tertiary/aromatic N) is 1. The van der Waals surface area contributed by atoms with Crippen molar-refractivity contribution in [3.63, 3.8) is 0 Å². The number of hydrogen-bond donors (Lipinski definition) is 1. The van der Waals surface area contributed by atoms with E-state index in [1.807, 2.05) is 4.90 Å². The maximum absolute atomic E-state index is 11.8. The normalized spacial score (nSPS) is 30.0. The standard InChI is InChI=1S/C12H20N2O3/c1-8(12(16)17-2)13-9-7-11(15)14-6-4-3-5-10(9)14/h8-10,13H,3-7H2,1-2H3/t8-,9?,10?/m1/s1. The SMILES string of the molecule is COC(=O)[C@@H](C)NC1CC(=O)N2CCCCC12. The van der Waals surface area contributed by atoms with Crippen LogP contribution in [0.2, 0.25) is 0 Å². The lowest BCUT2D eigenvalue weighted by Crippen LogP contribution is -2.50. The molecule has 2 saturated heterocycles. The third-order valence-electron chi connectivity index (χ3n) is 3.75. The molecule has 0 spiro atoms. The molecule has 5 nitrogen and oxygen atoms in total. The average Bonchev–Trinajstić information content (AvgIpc) is 2.66. The number of rotatable bonds is 3. The lowest BCUT2D eigenvalue weighted by molar-refractivity contribution is -0.142. The fourth-order valence-electron chi connectivity index (χ4n) is 2.86. The number of carbonyl (C=O) groups excluding carboxylic acids is 2. The van der Waals surface area contributed by atoms with Gasteiger partial charge in [-0.05, 0) is 26.2 Å². The van der Waals surface area contributed by atoms with Crippen molar-refractivity contribution in [1.29, 1.82) is 0 Å². The highest BCUT2D eigenvalue weighted by Gasteiger charge is 2.41. The molecule has 0 aromatic heterocycles. The van der Waals surface area contributed by atoms with E-state index in [4.69, 9.17) is 0 Å². The molecule has 3 atom stereocenters. The van der Waals surface area contributed by atoms with Crippen molar-refractivity contribution in [1.82, 2.24) is 10.2 Å². The van der Waals surface area contributed by atoms with Crippen molar-refractivity contribution >= 4 is 11.9 Å². The molecule has 17 heavy (non-hydrogen) atoms. The number of fused-ring (bicyclic) bond motifs is 1. The fraction of sp³-hybridized carbons (Fsp3) is 0.833. The van der Waals surface area contributed by atoms with Crippen LogP contribution in [0.15, 0.2) is 0 Å². The van der Waals surface area contributed by atoms with E-state index in [9.17, 15) is 9.59 Å². The van der Waals surface area contributed by atoms with Crippen molar-refractivity contribution in [3.05, 3.63) is 0 Å². The Bertz CT molecular complexity index is 319. The van der Waals surface area contributed by atoms with E-state index < -0.39 is 0 Å². The molecule has 0 bridgehead atoms. The number of esters is 1. The zero-order valence-electron chi connectivity index (χ0n) is 10.4. The summed E-state index contributed by atoms with van der Waals surface area (Å²) in [6.07, 6.45) is 3.81. The van der Waals surface area contributed by atoms with Gasteiger partial charge >= 0.3 is 5.97 Å². The van der Waals surface area contributed by atoms with Gasteiger partial charge in [0, 0.05) is 25.0 Å². The Balaban J connectivity index is 1.97. The van der Waals surface area contributed by atoms with Crippen molar-refractivity contribution in [2.45, 2.75) is 50.7 Å². The first-order valence-corrected chi connectivity index (χ1v) is 6.27. The Hall–Kier alpha value is -1.10. The molecule has 2 heterocycles. The Morgan fingerprint density at radius 3 is 3.00 bits per heavy atom. The highest BCUT2D eigenvalue weighted by atomic mass is 16.5. The number of carbonyl (C=O) groups is 2. The molecule has 0 radical (unpaired) electrons. The number of ether oxygens (including phenoxy) is 1. The number of piperidine rings is 1. The van der Waals surface area contributed by atoms with Gasteiger partial charge in [-0.1, -0.05) is 0 Å². The predicted octanol–water partition coefficient (Wildman–Crippen LogP) is 0.291. The summed E-state index contributed by atoms with van der Waals surface area (Å²) in [6, 6.07) is 0.0138. The van der Waals surface area contributed by atoms with Crippen molar-refractivity contribution in [2.75, 3.05) is 13.7 Å². The van der Waals surface area contributed by atoms with Gasteiger partial charge in [0.25, 0.3) is 0 Å². The molecule has 96 valence electrons. The van der Waals surface area contributed by atoms with Crippen LogP contribution in [-0.4, -0.2) is 48.6 Å². The van der Waals surface area contributed by atoms with E-state index in [1.54, 1.807) is 6.92 Å². The molecule has 5 heteroatoms. The maximum atomic E-state index is 11.8. The second-order valence-electron chi connectivity index (χ2n) is 4.87. The summed E-state index contributed by atoms with van der Waals surface area (Å²) < 4.78 is 4.69. The number of amides is 1. The third kappa shape index (κ3) is 2.44. The third-order valence-corrected chi connectivity index (χ3v) is 3.75. The second-order valence-corrected chi connectivity index (χ2v) is 4.87. The van der Waals surface area contributed by atoms with Gasteiger partial charge in [0.15, 0.2) is 0 Å². The van der Waals surface area contributed by atoms with E-state index in [-0.39, 0.29) is 30.0 Å². The van der Waals surface area contributed by atoms with E-state index in [0.717, 1.165) is 19.4 Å². The monoisotopic (exact) mass is 240 g/mol. The van der Waals surface area contributed by atoms with Gasteiger partial charge in [0.2, 0.25) is 5.91 Å². The molecule has 2 aliphatic rings. The summed E-state index contributed by atoms with van der Waals surface area (Å²) in [5.41, 5.74) is 0. The van der Waals surface area contributed by atoms with Crippen LogP contribution in [0.25, 0.3) is 0 Å². The Kier molecular flexibility index (Phi) is 3.66. The Morgan fingerprint density at radius 1 is 1.53 bits per heavy atom. The van der Waals surface area contributed by atoms with Gasteiger partial charge in [-0.3, -0.25) is 14.9 Å². The lowest BCUT2D eigenvalue weighted by atomic mass is 9.98. The second kappa shape index (κ2) is 5.04. The molecule has 0 aliphatic carbocycles. The molecular weight excluding hydrogens is 220 g/mol. The smallest absolute Gasteiger partial charge is 0.322 e. The molecule has 2 unspecified atom stereocenters. The minimum Gasteiger partial charge on any atom is -0.468 e. The van der Waals surface area contributed by atoms with Crippen molar-refractivity contribution < 1.29 is 14.3 Å². The van der Waals surface area contributed by atoms with E-state index in [0.29, 0.717) is 6.42 Å². The largest absolute Gasteiger partial charge is 0.468 e. The number of hydrogen-bond acceptors (Lipinski definition) is 4. The van der Waals surface area contributed by atoms with Gasteiger partial charge in [-0.2, -0.15) is 0 Å². The predicted molar refractivity (Wildman–Crippen MR) is 62.4 cm³/mol. The molecular formula is C12H20N2O3. The highest BCUT2D eigenvalue weighted by molar-refractivity contribution is 5.80. The number of methoxy groups -OCH3 is 1. The van der Waals surface area contributed by atoms with Crippen molar-refractivity contribution in [2.24, 2.45) is 0 Å². The average molecular weight is 240 g/mol. The topological polar surface area (TPSA) is 58.6 Å². The Morgan fingerprint density at radius 2 is 2.29 bits per heavy atom. The summed E-state index contributed by atoms with van der Waals surface area (Å²) in [5, 5.41) is 3.22. The first kappa shape index (κ1) is 12.4. The van der Waals surface area contributed by atoms with E-state index >= 15 is 0 Å². The fourth-order valence-corrected chi connectivity index (χ4v) is 2.86. The molecule has 2 aliphatic heterocycles. The summed E-state index contributed by atoms with van der Waals surface area (Å²) >= 11 is 0. The highest BCUT2D eigenvalue weighted by Crippen LogP contribution is 2.28. The molecule has 1 N–H and O–H groups in total. The molecule has 1 amide bonds. The lowest BCUT2D eigenvalue weighted by Gasteiger charge is -2.33. The Labute approximate surface area is 101 Å². The van der Waals surface area contributed by atoms with Crippen LogP contribution in [0, 0.1) is 0 Å². The van der Waals surface area contributed by atoms with Crippen LogP contribution < -0.4 is 5.32 Å². The first-order chi connectivity index (χ1) is 8.13. The zero-order valence-corrected chi connectivity index (χ0v) is 10.4. The first-order valence-electron chi connectivity index (χ1n) is 6.27. The molecule has 0 aromatic carbocycles. The van der Waals surface area contributed by atoms with E-state index in [2.05, 4.69) is 10.1 Å². The minimum atomic E-state index is -0.348. The molecule has 2 rings (SSSR count). The number of nitrogens with one attached hydrogen (secondary N) is 1. The van der Waals surface area contributed by atoms with E-state index in [1.165, 1.54) is 13.5 Å². The van der Waals surface area contributed by atoms with Gasteiger partial charge in [-0.25, -0.2) is 0 Å². The summed E-state index contributed by atoms with van der Waals surface area (Å²) in [6.45, 7) is 2.65. The van der Waals surface area contributed by atoms with Crippen LogP contribution in [0.5, 0.6) is 0 Å². The quantitative estimate of drug-likeness (QED) is 0.720.